The molecule has 0 bridgehead atoms. The molecule has 0 saturated carbocycles. The zero-order valence-corrected chi connectivity index (χ0v) is 29.3. The highest BCUT2D eigenvalue weighted by Gasteiger charge is 2.53. The van der Waals surface area contributed by atoms with Crippen molar-refractivity contribution in [1.29, 1.82) is 0 Å². The fraction of sp³-hybridized carbons (Fsp3) is 0.344. The third kappa shape index (κ3) is 6.55. The molecular weight excluding hydrogens is 704 g/mol. The number of oxime groups is 1. The Balaban J connectivity index is 1.03. The minimum atomic E-state index is -1.47. The molecule has 1 aromatic carbocycles. The molecule has 6 heterocycles. The van der Waals surface area contributed by atoms with Crippen LogP contribution in [0.25, 0.3) is 5.65 Å². The number of thioether (sulfide) groups is 1. The molecule has 2 atom stereocenters. The molecule has 2 fully saturated rings. The van der Waals surface area contributed by atoms with Crippen LogP contribution in [0.1, 0.15) is 36.1 Å². The standard InChI is InChI=1S/C32H33ClN10O5S2/c1-48-38-24(23-27(33)50-32(34)37-23)28(44)36-25-29(45)43-26(31(46)47)21(18-49-30(25)43)17-41-12-9-22-39(13-14-42(22)41)16-20-7-5-19(6-8-20)15-35-40-10-3-2-4-11-40/h5-9,12-15,25,30H,2-4,10-11,16-18H2,1H3,(H3-,34,36,37,44,46,47)/b35-15?,38-24-/t25-,30-/m1/s1. The number of piperidine rings is 1. The molecular formula is C32H33ClN10O5S2. The molecule has 2 saturated heterocycles. The van der Waals surface area contributed by atoms with E-state index < -0.39 is 29.2 Å². The van der Waals surface area contributed by atoms with E-state index in [2.05, 4.69) is 54.4 Å². The maximum absolute atomic E-state index is 13.3. The zero-order chi connectivity index (χ0) is 34.9. The van der Waals surface area contributed by atoms with Crippen LogP contribution in [0, 0.1) is 0 Å². The number of nitrogen functional groups attached to an aromatic ring is 1. The van der Waals surface area contributed by atoms with Crippen LogP contribution in [0.15, 0.2) is 70.4 Å². The predicted molar refractivity (Wildman–Crippen MR) is 186 cm³/mol. The van der Waals surface area contributed by atoms with Gasteiger partial charge < -0.3 is 25.8 Å². The number of carbonyl (C=O) groups excluding carboxylic acids is 3. The van der Waals surface area contributed by atoms with Gasteiger partial charge >= 0.3 is 5.65 Å². The fourth-order valence-corrected chi connectivity index (χ4v) is 8.56. The summed E-state index contributed by atoms with van der Waals surface area (Å²) >= 11 is 8.47. The Kier molecular flexibility index (Phi) is 9.52. The molecule has 0 spiro atoms. The largest absolute Gasteiger partial charge is 0.543 e. The van der Waals surface area contributed by atoms with Gasteiger partial charge in [0.25, 0.3) is 11.8 Å². The molecule has 7 rings (SSSR count). The summed E-state index contributed by atoms with van der Waals surface area (Å²) in [5.74, 6) is -2.53. The van der Waals surface area contributed by atoms with Crippen molar-refractivity contribution in [3.05, 3.63) is 81.3 Å². The van der Waals surface area contributed by atoms with Crippen molar-refractivity contribution >= 4 is 75.2 Å². The van der Waals surface area contributed by atoms with E-state index in [1.165, 1.54) is 43.0 Å². The number of nitrogens with one attached hydrogen (secondary N) is 1. The van der Waals surface area contributed by atoms with E-state index in [0.29, 0.717) is 17.9 Å². The van der Waals surface area contributed by atoms with Gasteiger partial charge in [0.15, 0.2) is 17.0 Å². The average Bonchev–Trinajstić information content (AvgIpc) is 3.81. The van der Waals surface area contributed by atoms with Gasteiger partial charge in [0, 0.05) is 18.8 Å². The topological polar surface area (TPSA) is 179 Å². The van der Waals surface area contributed by atoms with Gasteiger partial charge in [-0.1, -0.05) is 52.4 Å². The smallest absolute Gasteiger partial charge is 0.307 e. The number of anilines is 1. The number of hydrogen-bond acceptors (Lipinski definition) is 12. The SMILES string of the molecule is CO/N=C(\C(=O)N[C@@H]1C(=O)N2C(C(=O)[O-])=C(Cn3ccc4n3cc[n+]4Cc3ccc(C=NN4CCCCC4)cc3)CS[C@H]12)c1nc(N)sc1Cl. The Labute approximate surface area is 299 Å². The van der Waals surface area contributed by atoms with Gasteiger partial charge in [-0.15, -0.1) is 16.3 Å². The third-order valence-electron chi connectivity index (χ3n) is 8.73. The molecule has 2 amide bonds. The van der Waals surface area contributed by atoms with E-state index in [1.807, 2.05) is 40.1 Å². The number of aliphatic carboxylic acids is 1. The van der Waals surface area contributed by atoms with Gasteiger partial charge in [0.05, 0.1) is 36.7 Å². The molecule has 0 aliphatic carbocycles. The van der Waals surface area contributed by atoms with Gasteiger partial charge in [-0.2, -0.15) is 5.10 Å². The summed E-state index contributed by atoms with van der Waals surface area (Å²) in [5.41, 5.74) is 8.87. The lowest BCUT2D eigenvalue weighted by Crippen LogP contribution is -2.71. The average molecular weight is 737 g/mol. The number of amides is 2. The number of hydrazone groups is 1. The van der Waals surface area contributed by atoms with E-state index in [4.69, 9.17) is 22.2 Å². The molecule has 3 N–H and O–H groups in total. The normalized spacial score (nSPS) is 19.6. The monoisotopic (exact) mass is 736 g/mol. The Bertz CT molecular complexity index is 2050. The number of hydrogen-bond donors (Lipinski definition) is 2. The number of imidazole rings is 1. The Morgan fingerprint density at radius 3 is 2.68 bits per heavy atom. The van der Waals surface area contributed by atoms with Gasteiger partial charge in [0.1, 0.15) is 41.3 Å². The number of halogens is 1. The van der Waals surface area contributed by atoms with Crippen molar-refractivity contribution in [2.75, 3.05) is 31.7 Å². The van der Waals surface area contributed by atoms with Crippen LogP contribution in [-0.2, 0) is 32.3 Å². The third-order valence-corrected chi connectivity index (χ3v) is 11.2. The van der Waals surface area contributed by atoms with Crippen LogP contribution in [0.3, 0.4) is 0 Å². The number of thiazole rings is 1. The lowest BCUT2D eigenvalue weighted by Gasteiger charge is -2.50. The Hall–Kier alpha value is -4.87. The van der Waals surface area contributed by atoms with Crippen molar-refractivity contribution in [3.63, 3.8) is 0 Å². The molecule has 0 radical (unpaired) electrons. The minimum Gasteiger partial charge on any atom is -0.543 e. The molecule has 0 unspecified atom stereocenters. The van der Waals surface area contributed by atoms with Crippen LogP contribution < -0.4 is 20.7 Å². The van der Waals surface area contributed by atoms with E-state index >= 15 is 0 Å². The molecule has 50 heavy (non-hydrogen) atoms. The van der Waals surface area contributed by atoms with E-state index in [9.17, 15) is 19.5 Å². The van der Waals surface area contributed by atoms with Crippen LogP contribution in [0.4, 0.5) is 5.13 Å². The lowest BCUT2D eigenvalue weighted by molar-refractivity contribution is -0.661. The van der Waals surface area contributed by atoms with E-state index in [0.717, 1.165) is 41.2 Å². The van der Waals surface area contributed by atoms with Gasteiger partial charge in [0.2, 0.25) is 0 Å². The molecule has 3 aliphatic heterocycles. The van der Waals surface area contributed by atoms with Crippen LogP contribution in [-0.4, -0.2) is 91.2 Å². The number of carboxylic acids is 1. The van der Waals surface area contributed by atoms with E-state index in [1.54, 1.807) is 0 Å². The second-order valence-electron chi connectivity index (χ2n) is 11.9. The number of nitrogens with two attached hydrogens (primary N) is 1. The first kappa shape index (κ1) is 33.6. The molecule has 4 aromatic rings. The van der Waals surface area contributed by atoms with Crippen LogP contribution in [0.5, 0.6) is 0 Å². The van der Waals surface area contributed by atoms with Crippen LogP contribution >= 0.6 is 34.7 Å². The van der Waals surface area contributed by atoms with Crippen molar-refractivity contribution < 1.29 is 28.9 Å². The van der Waals surface area contributed by atoms with Crippen molar-refractivity contribution in [2.24, 2.45) is 10.3 Å². The summed E-state index contributed by atoms with van der Waals surface area (Å²) < 4.78 is 6.05. The molecule has 15 nitrogen and oxygen atoms in total. The van der Waals surface area contributed by atoms with Gasteiger partial charge in [-0.25, -0.2) is 14.2 Å². The Morgan fingerprint density at radius 1 is 1.20 bits per heavy atom. The minimum absolute atomic E-state index is 0.0156. The van der Waals surface area contributed by atoms with Gasteiger partial charge in [-0.05, 0) is 36.0 Å². The summed E-state index contributed by atoms with van der Waals surface area (Å²) in [6.07, 6.45) is 11.3. The summed E-state index contributed by atoms with van der Waals surface area (Å²) in [6.45, 7) is 2.86. The molecule has 18 heteroatoms. The second-order valence-corrected chi connectivity index (χ2v) is 14.7. The van der Waals surface area contributed by atoms with Crippen molar-refractivity contribution in [1.82, 2.24) is 29.4 Å². The summed E-state index contributed by atoms with van der Waals surface area (Å²) in [5, 5.41) is 25.0. The Morgan fingerprint density at radius 2 is 1.98 bits per heavy atom. The summed E-state index contributed by atoms with van der Waals surface area (Å²) in [6, 6.07) is 9.25. The van der Waals surface area contributed by atoms with Crippen molar-refractivity contribution in [3.8, 4) is 0 Å². The lowest BCUT2D eigenvalue weighted by atomic mass is 10.0. The highest BCUT2D eigenvalue weighted by Crippen LogP contribution is 2.40. The van der Waals surface area contributed by atoms with Crippen molar-refractivity contribution in [2.45, 2.75) is 43.8 Å². The number of fused-ring (bicyclic) bond motifs is 2. The zero-order valence-electron chi connectivity index (χ0n) is 26.9. The molecule has 3 aromatic heterocycles. The number of carbonyl (C=O) groups is 3. The number of β-lactam (4-membered cyclic amide) rings is 1. The quantitative estimate of drug-likeness (QED) is 0.0986. The summed E-state index contributed by atoms with van der Waals surface area (Å²) in [7, 11) is 1.25. The fourth-order valence-electron chi connectivity index (χ4n) is 6.30. The first-order valence-corrected chi connectivity index (χ1v) is 18.1. The molecule has 260 valence electrons. The second kappa shape index (κ2) is 14.2. The number of nitrogens with zero attached hydrogens (tertiary/aromatic N) is 8. The maximum Gasteiger partial charge on any atom is 0.307 e. The van der Waals surface area contributed by atoms with Gasteiger partial charge in [-0.3, -0.25) is 19.5 Å². The first-order valence-electron chi connectivity index (χ1n) is 15.9. The van der Waals surface area contributed by atoms with Crippen LogP contribution in [0.2, 0.25) is 4.34 Å². The number of benzene rings is 1. The number of rotatable bonds is 11. The maximum atomic E-state index is 13.3. The number of aromatic nitrogens is 4. The first-order chi connectivity index (χ1) is 24.2. The highest BCUT2D eigenvalue weighted by molar-refractivity contribution is 8.00. The predicted octanol–water partition coefficient (Wildman–Crippen LogP) is 1.04. The van der Waals surface area contributed by atoms with E-state index in [-0.39, 0.29) is 33.1 Å². The molecule has 3 aliphatic rings. The summed E-state index contributed by atoms with van der Waals surface area (Å²) in [4.78, 5) is 48.9. The highest BCUT2D eigenvalue weighted by atomic mass is 35.5. The number of carboxylic acid groups (broad SMARTS) is 1.